The number of benzene rings is 1. The Hall–Kier alpha value is -1.64. The minimum absolute atomic E-state index is 0.173. The summed E-state index contributed by atoms with van der Waals surface area (Å²) in [5.41, 5.74) is 0.755. The first kappa shape index (κ1) is 15.3. The van der Waals surface area contributed by atoms with Gasteiger partial charge in [0.25, 0.3) is 5.91 Å². The van der Waals surface area contributed by atoms with Crippen molar-refractivity contribution in [1.82, 2.24) is 4.98 Å². The standard InChI is InChI=1S/C14H11BrN2O3S2/c1-19-8-5-7-11(6-9(8)20-2)22-14(16-7)17-13(18)10-3-4-12(15)21-10/h3-6H,1-2H3,(H,16,17,18). The maximum absolute atomic E-state index is 12.1. The molecule has 2 heterocycles. The van der Waals surface area contributed by atoms with Crippen molar-refractivity contribution in [1.29, 1.82) is 0 Å². The first-order valence-corrected chi connectivity index (χ1v) is 8.62. The molecular formula is C14H11BrN2O3S2. The number of thiazole rings is 1. The molecule has 0 saturated heterocycles. The van der Waals surface area contributed by atoms with E-state index in [-0.39, 0.29) is 5.91 Å². The zero-order valence-electron chi connectivity index (χ0n) is 11.7. The monoisotopic (exact) mass is 398 g/mol. The maximum Gasteiger partial charge on any atom is 0.267 e. The fourth-order valence-electron chi connectivity index (χ4n) is 1.90. The highest BCUT2D eigenvalue weighted by atomic mass is 79.9. The van der Waals surface area contributed by atoms with Gasteiger partial charge in [0.05, 0.1) is 33.1 Å². The number of nitrogens with zero attached hydrogens (tertiary/aromatic N) is 1. The van der Waals surface area contributed by atoms with Crippen LogP contribution in [-0.2, 0) is 0 Å². The Morgan fingerprint density at radius 1 is 1.18 bits per heavy atom. The minimum Gasteiger partial charge on any atom is -0.493 e. The van der Waals surface area contributed by atoms with E-state index in [9.17, 15) is 4.79 Å². The number of rotatable bonds is 4. The average molecular weight is 399 g/mol. The summed E-state index contributed by atoms with van der Waals surface area (Å²) in [4.78, 5) is 17.2. The summed E-state index contributed by atoms with van der Waals surface area (Å²) in [6.45, 7) is 0. The molecule has 0 bridgehead atoms. The van der Waals surface area contributed by atoms with Gasteiger partial charge >= 0.3 is 0 Å². The van der Waals surface area contributed by atoms with Gasteiger partial charge in [-0.1, -0.05) is 11.3 Å². The molecule has 0 aliphatic rings. The molecule has 3 rings (SSSR count). The summed E-state index contributed by atoms with van der Waals surface area (Å²) < 4.78 is 12.4. The van der Waals surface area contributed by atoms with Crippen LogP contribution in [0.1, 0.15) is 9.67 Å². The van der Waals surface area contributed by atoms with E-state index in [4.69, 9.17) is 9.47 Å². The Kier molecular flexibility index (Phi) is 4.32. The number of aromatic nitrogens is 1. The Morgan fingerprint density at radius 3 is 2.55 bits per heavy atom. The molecule has 0 radical (unpaired) electrons. The van der Waals surface area contributed by atoms with Gasteiger partial charge in [-0.15, -0.1) is 11.3 Å². The van der Waals surface area contributed by atoms with Crippen molar-refractivity contribution in [3.8, 4) is 11.5 Å². The fourth-order valence-corrected chi connectivity index (χ4v) is 4.06. The van der Waals surface area contributed by atoms with Crippen LogP contribution >= 0.6 is 38.6 Å². The van der Waals surface area contributed by atoms with Crippen LogP contribution in [0.25, 0.3) is 10.2 Å². The second kappa shape index (κ2) is 6.23. The van der Waals surface area contributed by atoms with Crippen molar-refractivity contribution in [3.63, 3.8) is 0 Å². The maximum atomic E-state index is 12.1. The minimum atomic E-state index is -0.173. The third kappa shape index (κ3) is 2.94. The van der Waals surface area contributed by atoms with Crippen LogP contribution in [0.3, 0.4) is 0 Å². The smallest absolute Gasteiger partial charge is 0.267 e. The van der Waals surface area contributed by atoms with Gasteiger partial charge in [-0.3, -0.25) is 10.1 Å². The lowest BCUT2D eigenvalue weighted by molar-refractivity contribution is 0.103. The predicted octanol–water partition coefficient (Wildman–Crippen LogP) is 4.39. The van der Waals surface area contributed by atoms with Crippen LogP contribution in [0.2, 0.25) is 0 Å². The number of thiophene rings is 1. The number of ether oxygens (including phenoxy) is 2. The number of carbonyl (C=O) groups is 1. The summed E-state index contributed by atoms with van der Waals surface area (Å²) in [5, 5.41) is 3.35. The molecule has 5 nitrogen and oxygen atoms in total. The zero-order chi connectivity index (χ0) is 15.7. The summed E-state index contributed by atoms with van der Waals surface area (Å²) in [7, 11) is 3.16. The topological polar surface area (TPSA) is 60.5 Å². The Bertz CT molecular complexity index is 803. The van der Waals surface area contributed by atoms with Gasteiger partial charge in [-0.2, -0.15) is 0 Å². The number of nitrogens with one attached hydrogen (secondary N) is 1. The molecule has 22 heavy (non-hydrogen) atoms. The van der Waals surface area contributed by atoms with Crippen LogP contribution < -0.4 is 14.8 Å². The normalized spacial score (nSPS) is 10.7. The molecule has 0 saturated carbocycles. The molecule has 8 heteroatoms. The van der Waals surface area contributed by atoms with Crippen LogP contribution in [0.15, 0.2) is 28.1 Å². The summed E-state index contributed by atoms with van der Waals surface area (Å²) in [5.74, 6) is 1.08. The van der Waals surface area contributed by atoms with Gasteiger partial charge in [0, 0.05) is 12.1 Å². The summed E-state index contributed by atoms with van der Waals surface area (Å²) in [6, 6.07) is 7.25. The van der Waals surface area contributed by atoms with Gasteiger partial charge < -0.3 is 9.47 Å². The van der Waals surface area contributed by atoms with E-state index in [0.29, 0.717) is 21.5 Å². The van der Waals surface area contributed by atoms with Crippen molar-refractivity contribution >= 4 is 59.9 Å². The molecule has 1 N–H and O–H groups in total. The van der Waals surface area contributed by atoms with Crippen molar-refractivity contribution in [3.05, 3.63) is 32.9 Å². The molecule has 114 valence electrons. The Morgan fingerprint density at radius 2 is 1.91 bits per heavy atom. The van der Waals surface area contributed by atoms with Gasteiger partial charge in [0.15, 0.2) is 16.6 Å². The van der Waals surface area contributed by atoms with Gasteiger partial charge in [-0.05, 0) is 28.1 Å². The fraction of sp³-hybridized carbons (Fsp3) is 0.143. The first-order chi connectivity index (χ1) is 10.6. The van der Waals surface area contributed by atoms with E-state index in [2.05, 4.69) is 26.2 Å². The van der Waals surface area contributed by atoms with Crippen LogP contribution in [0.5, 0.6) is 11.5 Å². The molecule has 1 aromatic carbocycles. The number of hydrogen-bond donors (Lipinski definition) is 1. The molecule has 0 aliphatic heterocycles. The summed E-state index contributed by atoms with van der Waals surface area (Å²) >= 11 is 6.11. The molecular weight excluding hydrogens is 388 g/mol. The van der Waals surface area contributed by atoms with Crippen LogP contribution in [0.4, 0.5) is 5.13 Å². The molecule has 1 amide bonds. The van der Waals surface area contributed by atoms with E-state index < -0.39 is 0 Å². The average Bonchev–Trinajstić information content (AvgIpc) is 3.10. The molecule has 2 aromatic heterocycles. The number of amides is 1. The Labute approximate surface area is 143 Å². The molecule has 0 atom stereocenters. The van der Waals surface area contributed by atoms with Gasteiger partial charge in [-0.25, -0.2) is 4.98 Å². The third-order valence-electron chi connectivity index (χ3n) is 2.91. The number of hydrogen-bond acceptors (Lipinski definition) is 6. The highest BCUT2D eigenvalue weighted by molar-refractivity contribution is 9.11. The van der Waals surface area contributed by atoms with E-state index in [1.807, 2.05) is 12.1 Å². The Balaban J connectivity index is 1.90. The van der Waals surface area contributed by atoms with Gasteiger partial charge in [0.1, 0.15) is 0 Å². The van der Waals surface area contributed by atoms with Gasteiger partial charge in [0.2, 0.25) is 0 Å². The number of fused-ring (bicyclic) bond motifs is 1. The molecule has 0 aliphatic carbocycles. The largest absolute Gasteiger partial charge is 0.493 e. The number of carbonyl (C=O) groups excluding carboxylic acids is 1. The number of halogens is 1. The van der Waals surface area contributed by atoms with Crippen LogP contribution in [0, 0.1) is 0 Å². The highest BCUT2D eigenvalue weighted by Gasteiger charge is 2.14. The third-order valence-corrected chi connectivity index (χ3v) is 5.47. The lowest BCUT2D eigenvalue weighted by Gasteiger charge is -2.05. The van der Waals surface area contributed by atoms with Crippen molar-refractivity contribution < 1.29 is 14.3 Å². The second-order valence-electron chi connectivity index (χ2n) is 4.25. The predicted molar refractivity (Wildman–Crippen MR) is 92.7 cm³/mol. The van der Waals surface area contributed by atoms with Crippen molar-refractivity contribution in [2.24, 2.45) is 0 Å². The van der Waals surface area contributed by atoms with Crippen LogP contribution in [-0.4, -0.2) is 25.1 Å². The number of methoxy groups -OCH3 is 2. The SMILES string of the molecule is COc1cc2nc(NC(=O)c3ccc(Br)s3)sc2cc1OC. The molecule has 3 aromatic rings. The van der Waals surface area contributed by atoms with Crippen molar-refractivity contribution in [2.45, 2.75) is 0 Å². The molecule has 0 spiro atoms. The van der Waals surface area contributed by atoms with E-state index in [1.54, 1.807) is 26.4 Å². The molecule has 0 unspecified atom stereocenters. The number of anilines is 1. The van der Waals surface area contributed by atoms with E-state index in [0.717, 1.165) is 14.0 Å². The molecule has 0 fully saturated rings. The quantitative estimate of drug-likeness (QED) is 0.707. The summed E-state index contributed by atoms with van der Waals surface area (Å²) in [6.07, 6.45) is 0. The highest BCUT2D eigenvalue weighted by Crippen LogP contribution is 2.36. The van der Waals surface area contributed by atoms with Crippen molar-refractivity contribution in [2.75, 3.05) is 19.5 Å². The lowest BCUT2D eigenvalue weighted by Crippen LogP contribution is -2.09. The lowest BCUT2D eigenvalue weighted by atomic mass is 10.3. The van der Waals surface area contributed by atoms with E-state index in [1.165, 1.54) is 22.7 Å². The first-order valence-electron chi connectivity index (χ1n) is 6.20. The second-order valence-corrected chi connectivity index (χ2v) is 7.75. The van der Waals surface area contributed by atoms with E-state index >= 15 is 0 Å². The zero-order valence-corrected chi connectivity index (χ0v) is 14.9.